The number of hydrogen-bond acceptors (Lipinski definition) is 4. The fourth-order valence-corrected chi connectivity index (χ4v) is 2.62. The molecule has 1 unspecified atom stereocenters. The summed E-state index contributed by atoms with van der Waals surface area (Å²) in [5.41, 5.74) is 0.634. The summed E-state index contributed by atoms with van der Waals surface area (Å²) in [4.78, 5) is 12.1. The van der Waals surface area contributed by atoms with Crippen LogP contribution in [0.5, 0.6) is 5.75 Å². The second-order valence-corrected chi connectivity index (χ2v) is 5.81. The lowest BCUT2D eigenvalue weighted by Crippen LogP contribution is -2.34. The number of benzene rings is 1. The Bertz CT molecular complexity index is 480. The molecule has 0 radical (unpaired) electrons. The first kappa shape index (κ1) is 16.8. The second-order valence-electron chi connectivity index (χ2n) is 5.81. The monoisotopic (exact) mass is 307 g/mol. The molecule has 1 aliphatic heterocycles. The lowest BCUT2D eigenvalue weighted by atomic mass is 10.0. The van der Waals surface area contributed by atoms with Gasteiger partial charge in [-0.05, 0) is 44.0 Å². The van der Waals surface area contributed by atoms with Gasteiger partial charge in [-0.25, -0.2) is 0 Å². The second kappa shape index (κ2) is 7.61. The van der Waals surface area contributed by atoms with Gasteiger partial charge in [0.1, 0.15) is 5.75 Å². The standard InChI is InChI=1S/C17H25NO4/c1-4-20-15-7-5-14(6-8-15)16(19)18-12-13(2)11-17(3)21-9-10-22-17/h5-8,13H,4,9-12H2,1-3H3,(H,18,19). The van der Waals surface area contributed by atoms with Crippen molar-refractivity contribution < 1.29 is 19.0 Å². The molecule has 5 heteroatoms. The van der Waals surface area contributed by atoms with E-state index in [0.717, 1.165) is 12.2 Å². The zero-order valence-electron chi connectivity index (χ0n) is 13.6. The molecule has 1 aliphatic rings. The minimum Gasteiger partial charge on any atom is -0.494 e. The van der Waals surface area contributed by atoms with Crippen molar-refractivity contribution >= 4 is 5.91 Å². The van der Waals surface area contributed by atoms with Crippen LogP contribution in [0.2, 0.25) is 0 Å². The van der Waals surface area contributed by atoms with E-state index in [2.05, 4.69) is 12.2 Å². The molecule has 1 saturated heterocycles. The van der Waals surface area contributed by atoms with E-state index in [1.807, 2.05) is 26.0 Å². The largest absolute Gasteiger partial charge is 0.494 e. The molecule has 1 aromatic carbocycles. The van der Waals surface area contributed by atoms with Crippen LogP contribution in [0.15, 0.2) is 24.3 Å². The van der Waals surface area contributed by atoms with Gasteiger partial charge in [-0.2, -0.15) is 0 Å². The topological polar surface area (TPSA) is 56.8 Å². The predicted octanol–water partition coefficient (Wildman–Crippen LogP) is 2.60. The van der Waals surface area contributed by atoms with E-state index in [-0.39, 0.29) is 11.8 Å². The number of carbonyl (C=O) groups excluding carboxylic acids is 1. The Kier molecular flexibility index (Phi) is 5.80. The van der Waals surface area contributed by atoms with E-state index in [1.54, 1.807) is 12.1 Å². The fourth-order valence-electron chi connectivity index (χ4n) is 2.62. The van der Waals surface area contributed by atoms with E-state index in [4.69, 9.17) is 14.2 Å². The Morgan fingerprint density at radius 2 is 1.95 bits per heavy atom. The molecule has 22 heavy (non-hydrogen) atoms. The zero-order chi connectivity index (χ0) is 16.0. The Labute approximate surface area is 131 Å². The van der Waals surface area contributed by atoms with Gasteiger partial charge in [-0.3, -0.25) is 4.79 Å². The van der Waals surface area contributed by atoms with Gasteiger partial charge < -0.3 is 19.5 Å². The van der Waals surface area contributed by atoms with Crippen molar-refractivity contribution in [3.05, 3.63) is 29.8 Å². The summed E-state index contributed by atoms with van der Waals surface area (Å²) in [7, 11) is 0. The smallest absolute Gasteiger partial charge is 0.251 e. The normalized spacial score (nSPS) is 18.0. The van der Waals surface area contributed by atoms with Crippen molar-refractivity contribution in [2.24, 2.45) is 5.92 Å². The van der Waals surface area contributed by atoms with Crippen LogP contribution >= 0.6 is 0 Å². The molecular formula is C17H25NO4. The molecule has 1 heterocycles. The average molecular weight is 307 g/mol. The van der Waals surface area contributed by atoms with Gasteiger partial charge in [-0.1, -0.05) is 6.92 Å². The highest BCUT2D eigenvalue weighted by atomic mass is 16.7. The van der Waals surface area contributed by atoms with Crippen molar-refractivity contribution in [1.82, 2.24) is 5.32 Å². The van der Waals surface area contributed by atoms with Gasteiger partial charge in [0.05, 0.1) is 19.8 Å². The number of rotatable bonds is 7. The summed E-state index contributed by atoms with van der Waals surface area (Å²) in [5.74, 6) is 0.461. The predicted molar refractivity (Wildman–Crippen MR) is 84.0 cm³/mol. The zero-order valence-corrected chi connectivity index (χ0v) is 13.6. The summed E-state index contributed by atoms with van der Waals surface area (Å²) in [6.07, 6.45) is 0.760. The maximum absolute atomic E-state index is 12.1. The maximum Gasteiger partial charge on any atom is 0.251 e. The lowest BCUT2D eigenvalue weighted by molar-refractivity contribution is -0.153. The van der Waals surface area contributed by atoms with E-state index < -0.39 is 5.79 Å². The molecule has 0 bridgehead atoms. The van der Waals surface area contributed by atoms with E-state index in [1.165, 1.54) is 0 Å². The van der Waals surface area contributed by atoms with Crippen LogP contribution in [0.4, 0.5) is 0 Å². The summed E-state index contributed by atoms with van der Waals surface area (Å²) in [6.45, 7) is 8.45. The van der Waals surface area contributed by atoms with Crippen LogP contribution in [0.1, 0.15) is 37.6 Å². The minimum absolute atomic E-state index is 0.0756. The average Bonchev–Trinajstić information content (AvgIpc) is 2.92. The maximum atomic E-state index is 12.1. The van der Waals surface area contributed by atoms with E-state index in [9.17, 15) is 4.79 Å². The first-order valence-electron chi connectivity index (χ1n) is 7.81. The lowest BCUT2D eigenvalue weighted by Gasteiger charge is -2.26. The molecule has 1 amide bonds. The van der Waals surface area contributed by atoms with Crippen molar-refractivity contribution in [2.45, 2.75) is 33.0 Å². The third-order valence-corrected chi connectivity index (χ3v) is 3.66. The highest BCUT2D eigenvalue weighted by Gasteiger charge is 2.32. The SMILES string of the molecule is CCOc1ccc(C(=O)NCC(C)CC2(C)OCCO2)cc1. The minimum atomic E-state index is -0.511. The fraction of sp³-hybridized carbons (Fsp3) is 0.588. The third kappa shape index (κ3) is 4.71. The molecule has 1 fully saturated rings. The highest BCUT2D eigenvalue weighted by Crippen LogP contribution is 2.26. The van der Waals surface area contributed by atoms with Gasteiger partial charge in [0.2, 0.25) is 0 Å². The van der Waals surface area contributed by atoms with Crippen LogP contribution in [0.3, 0.4) is 0 Å². The molecule has 0 spiro atoms. The van der Waals surface area contributed by atoms with Crippen molar-refractivity contribution in [3.8, 4) is 5.75 Å². The molecule has 5 nitrogen and oxygen atoms in total. The van der Waals surface area contributed by atoms with Crippen LogP contribution in [0, 0.1) is 5.92 Å². The number of nitrogens with one attached hydrogen (secondary N) is 1. The molecule has 1 atom stereocenters. The van der Waals surface area contributed by atoms with Gasteiger partial charge >= 0.3 is 0 Å². The third-order valence-electron chi connectivity index (χ3n) is 3.66. The Morgan fingerprint density at radius 3 is 2.55 bits per heavy atom. The van der Waals surface area contributed by atoms with Crippen LogP contribution < -0.4 is 10.1 Å². The first-order valence-corrected chi connectivity index (χ1v) is 7.81. The molecule has 1 N–H and O–H groups in total. The van der Waals surface area contributed by atoms with Crippen LogP contribution in [-0.4, -0.2) is 38.1 Å². The molecule has 0 aliphatic carbocycles. The Balaban J connectivity index is 1.79. The molecule has 2 rings (SSSR count). The summed E-state index contributed by atoms with van der Waals surface area (Å²) >= 11 is 0. The van der Waals surface area contributed by atoms with Crippen molar-refractivity contribution in [2.75, 3.05) is 26.4 Å². The van der Waals surface area contributed by atoms with Crippen LogP contribution in [0.25, 0.3) is 0 Å². The summed E-state index contributed by atoms with van der Waals surface area (Å²) in [6, 6.07) is 7.16. The molecule has 0 aromatic heterocycles. The summed E-state index contributed by atoms with van der Waals surface area (Å²) in [5, 5.41) is 2.95. The van der Waals surface area contributed by atoms with Crippen molar-refractivity contribution in [1.29, 1.82) is 0 Å². The number of carbonyl (C=O) groups is 1. The Morgan fingerprint density at radius 1 is 1.32 bits per heavy atom. The van der Waals surface area contributed by atoms with E-state index >= 15 is 0 Å². The molecule has 1 aromatic rings. The quantitative estimate of drug-likeness (QED) is 0.841. The van der Waals surface area contributed by atoms with Crippen molar-refractivity contribution in [3.63, 3.8) is 0 Å². The van der Waals surface area contributed by atoms with Gasteiger partial charge in [0.25, 0.3) is 5.91 Å². The number of hydrogen-bond donors (Lipinski definition) is 1. The number of amides is 1. The summed E-state index contributed by atoms with van der Waals surface area (Å²) < 4.78 is 16.5. The molecule has 122 valence electrons. The first-order chi connectivity index (χ1) is 10.5. The van der Waals surface area contributed by atoms with Gasteiger partial charge in [-0.15, -0.1) is 0 Å². The Hall–Kier alpha value is -1.59. The highest BCUT2D eigenvalue weighted by molar-refractivity contribution is 5.94. The molecule has 0 saturated carbocycles. The van der Waals surface area contributed by atoms with Crippen LogP contribution in [-0.2, 0) is 9.47 Å². The van der Waals surface area contributed by atoms with E-state index in [0.29, 0.717) is 31.9 Å². The number of ether oxygens (including phenoxy) is 3. The van der Waals surface area contributed by atoms with Gasteiger partial charge in [0.15, 0.2) is 5.79 Å². The van der Waals surface area contributed by atoms with Gasteiger partial charge in [0, 0.05) is 18.5 Å². The molecular weight excluding hydrogens is 282 g/mol.